The van der Waals surface area contributed by atoms with Crippen molar-refractivity contribution in [3.8, 4) is 5.75 Å². The smallest absolute Gasteiger partial charge is 0.324 e. The van der Waals surface area contributed by atoms with Gasteiger partial charge in [0.15, 0.2) is 0 Å². The van der Waals surface area contributed by atoms with Crippen LogP contribution >= 0.6 is 43.5 Å². The van der Waals surface area contributed by atoms with Crippen molar-refractivity contribution in [1.82, 2.24) is 4.90 Å². The van der Waals surface area contributed by atoms with Gasteiger partial charge in [0.1, 0.15) is 5.75 Å². The summed E-state index contributed by atoms with van der Waals surface area (Å²) in [4.78, 5) is 39.3. The number of benzene rings is 4. The van der Waals surface area contributed by atoms with Gasteiger partial charge in [-0.15, -0.1) is 0 Å². The number of halogens is 3. The molecule has 0 saturated carbocycles. The van der Waals surface area contributed by atoms with E-state index < -0.39 is 5.97 Å². The van der Waals surface area contributed by atoms with Crippen LogP contribution in [-0.4, -0.2) is 48.2 Å². The summed E-state index contributed by atoms with van der Waals surface area (Å²) < 4.78 is 6.94. The van der Waals surface area contributed by atoms with E-state index >= 15 is 0 Å². The summed E-state index contributed by atoms with van der Waals surface area (Å²) >= 11 is 12.6. The Balaban J connectivity index is 0.000000215. The monoisotopic (exact) mass is 756 g/mol. The zero-order valence-electron chi connectivity index (χ0n) is 24.3. The number of methoxy groups -OCH3 is 1. The summed E-state index contributed by atoms with van der Waals surface area (Å²) in [5, 5.41) is 15.3. The number of nitrogens with one attached hydrogen (secondary N) is 2. The number of carboxylic acid groups (broad SMARTS) is 1. The highest BCUT2D eigenvalue weighted by atomic mass is 79.9. The molecule has 0 aromatic heterocycles. The molecule has 0 spiro atoms. The van der Waals surface area contributed by atoms with Crippen LogP contribution < -0.4 is 20.3 Å². The third kappa shape index (κ3) is 10.5. The SMILES string of the molecule is COc1ccc(NC(=O)Nc2ccc(Br)cc2)cc1.O=C(O)CC1CN(Cc2ccc(Cl)cc2)C(=O)N(c2ccc(Br)cc2)C1. The van der Waals surface area contributed by atoms with Gasteiger partial charge in [-0.25, -0.2) is 9.59 Å². The van der Waals surface area contributed by atoms with Crippen molar-refractivity contribution >= 4 is 78.6 Å². The number of rotatable bonds is 8. The lowest BCUT2D eigenvalue weighted by Crippen LogP contribution is -2.53. The summed E-state index contributed by atoms with van der Waals surface area (Å²) in [6.07, 6.45) is 0.0252. The van der Waals surface area contributed by atoms with Gasteiger partial charge in [0.2, 0.25) is 0 Å². The predicted octanol–water partition coefficient (Wildman–Crippen LogP) is 8.74. The topological polar surface area (TPSA) is 111 Å². The fraction of sp³-hybridized carbons (Fsp3) is 0.182. The van der Waals surface area contributed by atoms with Crippen LogP contribution in [0.15, 0.2) is 106 Å². The number of carboxylic acids is 1. The Morgan fingerprint density at radius 2 is 1.38 bits per heavy atom. The molecular formula is C33H31Br2ClN4O5. The van der Waals surface area contributed by atoms with E-state index in [4.69, 9.17) is 16.3 Å². The maximum absolute atomic E-state index is 13.0. The van der Waals surface area contributed by atoms with Gasteiger partial charge in [0.25, 0.3) is 0 Å². The van der Waals surface area contributed by atoms with Gasteiger partial charge in [-0.2, -0.15) is 0 Å². The summed E-state index contributed by atoms with van der Waals surface area (Å²) in [5.41, 5.74) is 3.15. The molecule has 1 aliphatic heterocycles. The van der Waals surface area contributed by atoms with Crippen LogP contribution in [0, 0.1) is 5.92 Å². The van der Waals surface area contributed by atoms with Gasteiger partial charge in [-0.1, -0.05) is 55.6 Å². The van der Waals surface area contributed by atoms with Gasteiger partial charge in [-0.05, 0) is 90.5 Å². The molecule has 1 heterocycles. The molecule has 12 heteroatoms. The molecule has 3 N–H and O–H groups in total. The number of aliphatic carboxylic acids is 1. The van der Waals surface area contributed by atoms with Crippen LogP contribution in [0.2, 0.25) is 5.02 Å². The van der Waals surface area contributed by atoms with E-state index in [-0.39, 0.29) is 24.4 Å². The first kappa shape index (κ1) is 33.8. The lowest BCUT2D eigenvalue weighted by molar-refractivity contribution is -0.138. The molecule has 4 aromatic rings. The maximum Gasteiger partial charge on any atom is 0.324 e. The normalized spacial score (nSPS) is 14.2. The Bertz CT molecular complexity index is 1590. The molecular weight excluding hydrogens is 728 g/mol. The highest BCUT2D eigenvalue weighted by molar-refractivity contribution is 9.10. The standard InChI is InChI=1S/C19H18BrClN2O3.C14H13BrN2O2/c20-15-3-7-17(8-4-15)23-12-14(9-18(24)25)11-22(19(23)26)10-13-1-5-16(21)6-2-13;1-19-13-8-6-12(7-9-13)17-14(18)16-11-4-2-10(15)3-5-11/h1-8,14H,9-12H2,(H,24,25);2-9H,1H3,(H2,16,17,18). The van der Waals surface area contributed by atoms with E-state index in [0.717, 1.165) is 31.6 Å². The Morgan fingerprint density at radius 3 is 1.91 bits per heavy atom. The second kappa shape index (κ2) is 16.3. The molecule has 1 aliphatic rings. The van der Waals surface area contributed by atoms with Gasteiger partial charge in [0, 0.05) is 56.6 Å². The zero-order chi connectivity index (χ0) is 32.3. The van der Waals surface area contributed by atoms with Crippen molar-refractivity contribution in [1.29, 1.82) is 0 Å². The van der Waals surface area contributed by atoms with Crippen molar-refractivity contribution in [3.63, 3.8) is 0 Å². The molecule has 9 nitrogen and oxygen atoms in total. The third-order valence-corrected chi connectivity index (χ3v) is 8.07. The first-order chi connectivity index (χ1) is 21.6. The maximum atomic E-state index is 13.0. The van der Waals surface area contributed by atoms with Crippen molar-refractivity contribution < 1.29 is 24.2 Å². The first-order valence-corrected chi connectivity index (χ1v) is 15.8. The van der Waals surface area contributed by atoms with Gasteiger partial charge in [0.05, 0.1) is 13.5 Å². The summed E-state index contributed by atoms with van der Waals surface area (Å²) in [7, 11) is 1.60. The third-order valence-electron chi connectivity index (χ3n) is 6.76. The molecule has 1 unspecified atom stereocenters. The first-order valence-electron chi connectivity index (χ1n) is 13.9. The number of anilines is 3. The van der Waals surface area contributed by atoms with E-state index in [1.165, 1.54) is 0 Å². The molecule has 1 atom stereocenters. The van der Waals surface area contributed by atoms with Gasteiger partial charge >= 0.3 is 18.0 Å². The fourth-order valence-electron chi connectivity index (χ4n) is 4.61. The Hall–Kier alpha value is -4.06. The molecule has 0 bridgehead atoms. The molecule has 234 valence electrons. The number of urea groups is 2. The average Bonchev–Trinajstić information content (AvgIpc) is 3.02. The van der Waals surface area contributed by atoms with Crippen molar-refractivity contribution in [2.75, 3.05) is 35.7 Å². The Morgan fingerprint density at radius 1 is 0.844 bits per heavy atom. The largest absolute Gasteiger partial charge is 0.497 e. The second-order valence-corrected chi connectivity index (χ2v) is 12.4. The highest BCUT2D eigenvalue weighted by Gasteiger charge is 2.33. The average molecular weight is 759 g/mol. The summed E-state index contributed by atoms with van der Waals surface area (Å²) in [6.45, 7) is 1.23. The fourth-order valence-corrected chi connectivity index (χ4v) is 5.27. The van der Waals surface area contributed by atoms with Crippen molar-refractivity contribution in [2.45, 2.75) is 13.0 Å². The van der Waals surface area contributed by atoms with Crippen LogP contribution in [0.5, 0.6) is 5.75 Å². The van der Waals surface area contributed by atoms with E-state index in [9.17, 15) is 19.5 Å². The lowest BCUT2D eigenvalue weighted by atomic mass is 10.0. The number of nitrogens with zero attached hydrogens (tertiary/aromatic N) is 2. The Labute approximate surface area is 283 Å². The molecule has 4 amide bonds. The van der Waals surface area contributed by atoms with E-state index in [1.54, 1.807) is 53.3 Å². The minimum atomic E-state index is -0.855. The number of hydrogen-bond acceptors (Lipinski definition) is 4. The second-order valence-electron chi connectivity index (χ2n) is 10.2. The molecule has 4 aromatic carbocycles. The van der Waals surface area contributed by atoms with Crippen molar-refractivity contribution in [3.05, 3.63) is 117 Å². The minimum Gasteiger partial charge on any atom is -0.497 e. The summed E-state index contributed by atoms with van der Waals surface area (Å²) in [6, 6.07) is 28.8. The van der Waals surface area contributed by atoms with Crippen LogP contribution in [0.1, 0.15) is 12.0 Å². The van der Waals surface area contributed by atoms with Crippen LogP contribution in [0.3, 0.4) is 0 Å². The lowest BCUT2D eigenvalue weighted by Gasteiger charge is -2.40. The molecule has 1 saturated heterocycles. The summed E-state index contributed by atoms with van der Waals surface area (Å²) in [5.74, 6) is -0.244. The molecule has 0 aliphatic carbocycles. The van der Waals surface area contributed by atoms with Crippen LogP contribution in [-0.2, 0) is 11.3 Å². The number of carbonyl (C=O) groups is 3. The quantitative estimate of drug-likeness (QED) is 0.167. The number of ether oxygens (including phenoxy) is 1. The van der Waals surface area contributed by atoms with E-state index in [2.05, 4.69) is 42.5 Å². The molecule has 45 heavy (non-hydrogen) atoms. The highest BCUT2D eigenvalue weighted by Crippen LogP contribution is 2.27. The van der Waals surface area contributed by atoms with Gasteiger partial charge < -0.3 is 25.4 Å². The van der Waals surface area contributed by atoms with E-state index in [1.807, 2.05) is 60.7 Å². The molecule has 1 fully saturated rings. The zero-order valence-corrected chi connectivity index (χ0v) is 28.2. The molecule has 0 radical (unpaired) electrons. The van der Waals surface area contributed by atoms with Crippen LogP contribution in [0.4, 0.5) is 26.7 Å². The number of amides is 4. The van der Waals surface area contributed by atoms with E-state index in [0.29, 0.717) is 30.3 Å². The predicted molar refractivity (Wildman–Crippen MR) is 184 cm³/mol. The van der Waals surface area contributed by atoms with Crippen LogP contribution in [0.25, 0.3) is 0 Å². The van der Waals surface area contributed by atoms with Gasteiger partial charge in [-0.3, -0.25) is 9.69 Å². The molecule has 5 rings (SSSR count). The number of carbonyl (C=O) groups excluding carboxylic acids is 2. The number of hydrogen-bond donors (Lipinski definition) is 3. The minimum absolute atomic E-state index is 0.0252. The Kier molecular flexibility index (Phi) is 12.3. The van der Waals surface area contributed by atoms with Crippen molar-refractivity contribution in [2.24, 2.45) is 5.92 Å².